The Balaban J connectivity index is 2.01. The van der Waals surface area contributed by atoms with Crippen molar-refractivity contribution in [1.29, 1.82) is 0 Å². The molecule has 0 aliphatic rings. The molecular formula is C13H16FN5O2. The summed E-state index contributed by atoms with van der Waals surface area (Å²) in [6, 6.07) is 5.06. The summed E-state index contributed by atoms with van der Waals surface area (Å²) < 4.78 is 18.4. The van der Waals surface area contributed by atoms with Crippen LogP contribution in [0.4, 0.5) is 4.39 Å². The van der Waals surface area contributed by atoms with Crippen LogP contribution in [0.3, 0.4) is 0 Å². The number of tetrazole rings is 1. The minimum atomic E-state index is -1.13. The summed E-state index contributed by atoms with van der Waals surface area (Å²) in [7, 11) is 0. The monoisotopic (exact) mass is 293 g/mol. The van der Waals surface area contributed by atoms with Crippen molar-refractivity contribution in [2.75, 3.05) is 0 Å². The zero-order valence-corrected chi connectivity index (χ0v) is 11.9. The lowest BCUT2D eigenvalue weighted by Gasteiger charge is -2.26. The molecule has 1 amide bonds. The van der Waals surface area contributed by atoms with Gasteiger partial charge in [0.25, 0.3) is 5.91 Å². The molecule has 0 bridgehead atoms. The molecule has 1 aromatic heterocycles. The molecule has 21 heavy (non-hydrogen) atoms. The van der Waals surface area contributed by atoms with Crippen LogP contribution in [0.5, 0.6) is 5.75 Å². The van der Waals surface area contributed by atoms with Gasteiger partial charge in [-0.15, -0.1) is 10.2 Å². The van der Waals surface area contributed by atoms with Crippen LogP contribution in [-0.4, -0.2) is 32.1 Å². The maximum Gasteiger partial charge on any atom is 0.264 e. The maximum atomic E-state index is 12.8. The third-order valence-corrected chi connectivity index (χ3v) is 2.83. The van der Waals surface area contributed by atoms with E-state index in [1.807, 2.05) is 0 Å². The Labute approximate surface area is 120 Å². The fourth-order valence-electron chi connectivity index (χ4n) is 1.63. The molecule has 0 fully saturated rings. The van der Waals surface area contributed by atoms with E-state index in [4.69, 9.17) is 4.74 Å². The molecule has 0 aliphatic heterocycles. The summed E-state index contributed by atoms with van der Waals surface area (Å²) in [6.45, 7) is 4.97. The number of carbonyl (C=O) groups excluding carboxylic acids is 1. The number of H-pyrrole nitrogens is 1. The van der Waals surface area contributed by atoms with Crippen LogP contribution in [0.15, 0.2) is 24.3 Å². The highest BCUT2D eigenvalue weighted by atomic mass is 19.1. The Morgan fingerprint density at radius 1 is 1.38 bits per heavy atom. The van der Waals surface area contributed by atoms with Crippen molar-refractivity contribution in [3.05, 3.63) is 35.9 Å². The Kier molecular flexibility index (Phi) is 4.15. The summed E-state index contributed by atoms with van der Waals surface area (Å²) >= 11 is 0. The van der Waals surface area contributed by atoms with Gasteiger partial charge in [-0.1, -0.05) is 5.21 Å². The van der Waals surface area contributed by atoms with Crippen LogP contribution in [0.2, 0.25) is 0 Å². The third kappa shape index (κ3) is 3.74. The van der Waals surface area contributed by atoms with Crippen molar-refractivity contribution in [3.8, 4) is 5.75 Å². The first kappa shape index (κ1) is 14.9. The van der Waals surface area contributed by atoms with Gasteiger partial charge in [-0.2, -0.15) is 5.21 Å². The Morgan fingerprint density at radius 2 is 2.05 bits per heavy atom. The predicted octanol–water partition coefficient (Wildman–Crippen LogP) is 1.37. The van der Waals surface area contributed by atoms with Gasteiger partial charge in [0.15, 0.2) is 11.4 Å². The minimum Gasteiger partial charge on any atom is -0.478 e. The molecule has 1 unspecified atom stereocenters. The summed E-state index contributed by atoms with van der Waals surface area (Å²) in [6.07, 6.45) is 0. The number of aromatic nitrogens is 4. The summed E-state index contributed by atoms with van der Waals surface area (Å²) in [5, 5.41) is 16.1. The topological polar surface area (TPSA) is 92.8 Å². The van der Waals surface area contributed by atoms with Crippen LogP contribution in [0.25, 0.3) is 0 Å². The molecular weight excluding hydrogens is 277 g/mol. The van der Waals surface area contributed by atoms with Gasteiger partial charge in [-0.05, 0) is 45.0 Å². The largest absolute Gasteiger partial charge is 0.478 e. The molecule has 2 aromatic rings. The molecule has 7 nitrogen and oxygen atoms in total. The number of nitrogens with one attached hydrogen (secondary N) is 2. The number of hydrogen-bond acceptors (Lipinski definition) is 5. The molecule has 0 aliphatic carbocycles. The molecule has 0 spiro atoms. The van der Waals surface area contributed by atoms with E-state index in [0.717, 1.165) is 0 Å². The lowest BCUT2D eigenvalue weighted by molar-refractivity contribution is -0.135. The second-order valence-corrected chi connectivity index (χ2v) is 5.03. The van der Waals surface area contributed by atoms with E-state index >= 15 is 0 Å². The van der Waals surface area contributed by atoms with E-state index in [-0.39, 0.29) is 11.7 Å². The quantitative estimate of drug-likeness (QED) is 0.868. The van der Waals surface area contributed by atoms with Gasteiger partial charge >= 0.3 is 0 Å². The SMILES string of the molecule is CC(NC(=O)C(C)(C)Oc1ccc(F)cc1)c1nn[nH]n1. The van der Waals surface area contributed by atoms with E-state index in [1.165, 1.54) is 24.3 Å². The number of ether oxygens (including phenoxy) is 1. The molecule has 112 valence electrons. The van der Waals surface area contributed by atoms with E-state index < -0.39 is 11.6 Å². The minimum absolute atomic E-state index is 0.343. The van der Waals surface area contributed by atoms with E-state index in [0.29, 0.717) is 11.6 Å². The highest BCUT2D eigenvalue weighted by Crippen LogP contribution is 2.19. The third-order valence-electron chi connectivity index (χ3n) is 2.83. The number of nitrogens with zero attached hydrogens (tertiary/aromatic N) is 3. The first-order chi connectivity index (χ1) is 9.88. The smallest absolute Gasteiger partial charge is 0.264 e. The number of rotatable bonds is 5. The van der Waals surface area contributed by atoms with Gasteiger partial charge < -0.3 is 10.1 Å². The normalized spacial score (nSPS) is 12.8. The van der Waals surface area contributed by atoms with Crippen molar-refractivity contribution in [2.24, 2.45) is 0 Å². The number of halogens is 1. The van der Waals surface area contributed by atoms with E-state index in [9.17, 15) is 9.18 Å². The molecule has 0 saturated carbocycles. The van der Waals surface area contributed by atoms with Gasteiger partial charge in [-0.3, -0.25) is 4.79 Å². The molecule has 0 saturated heterocycles. The Hall–Kier alpha value is -2.51. The fourth-order valence-corrected chi connectivity index (χ4v) is 1.63. The van der Waals surface area contributed by atoms with Crippen molar-refractivity contribution >= 4 is 5.91 Å². The van der Waals surface area contributed by atoms with Crippen molar-refractivity contribution in [3.63, 3.8) is 0 Å². The van der Waals surface area contributed by atoms with Crippen LogP contribution >= 0.6 is 0 Å². The fraction of sp³-hybridized carbons (Fsp3) is 0.385. The molecule has 1 heterocycles. The zero-order chi connectivity index (χ0) is 15.5. The second-order valence-electron chi connectivity index (χ2n) is 5.03. The standard InChI is InChI=1S/C13H16FN5O2/c1-8(11-16-18-19-17-11)15-12(20)13(2,3)21-10-6-4-9(14)5-7-10/h4-8H,1-3H3,(H,15,20)(H,16,17,18,19). The van der Waals surface area contributed by atoms with Crippen LogP contribution in [-0.2, 0) is 4.79 Å². The number of carbonyl (C=O) groups is 1. The number of hydrogen-bond donors (Lipinski definition) is 2. The first-order valence-electron chi connectivity index (χ1n) is 6.37. The number of amides is 1. The zero-order valence-electron chi connectivity index (χ0n) is 11.9. The predicted molar refractivity (Wildman–Crippen MR) is 71.8 cm³/mol. The average molecular weight is 293 g/mol. The number of benzene rings is 1. The van der Waals surface area contributed by atoms with Crippen LogP contribution < -0.4 is 10.1 Å². The van der Waals surface area contributed by atoms with Crippen molar-refractivity contribution in [1.82, 2.24) is 25.9 Å². The Morgan fingerprint density at radius 3 is 2.62 bits per heavy atom. The van der Waals surface area contributed by atoms with Gasteiger partial charge in [0, 0.05) is 0 Å². The van der Waals surface area contributed by atoms with Crippen molar-refractivity contribution < 1.29 is 13.9 Å². The van der Waals surface area contributed by atoms with Gasteiger partial charge in [0.2, 0.25) is 0 Å². The highest BCUT2D eigenvalue weighted by molar-refractivity contribution is 5.84. The molecule has 2 rings (SSSR count). The second kappa shape index (κ2) is 5.86. The Bertz CT molecular complexity index is 598. The van der Waals surface area contributed by atoms with E-state index in [2.05, 4.69) is 25.9 Å². The van der Waals surface area contributed by atoms with Gasteiger partial charge in [0.05, 0.1) is 6.04 Å². The van der Waals surface area contributed by atoms with Crippen LogP contribution in [0, 0.1) is 5.82 Å². The van der Waals surface area contributed by atoms with E-state index in [1.54, 1.807) is 20.8 Å². The van der Waals surface area contributed by atoms with Gasteiger partial charge in [-0.25, -0.2) is 4.39 Å². The molecule has 0 radical (unpaired) electrons. The van der Waals surface area contributed by atoms with Crippen LogP contribution in [0.1, 0.15) is 32.6 Å². The lowest BCUT2D eigenvalue weighted by Crippen LogP contribution is -2.47. The molecule has 2 N–H and O–H groups in total. The van der Waals surface area contributed by atoms with Gasteiger partial charge in [0.1, 0.15) is 11.6 Å². The molecule has 8 heteroatoms. The lowest BCUT2D eigenvalue weighted by atomic mass is 10.1. The summed E-state index contributed by atoms with van der Waals surface area (Å²) in [4.78, 5) is 12.2. The average Bonchev–Trinajstić information content (AvgIpc) is 2.95. The molecule has 1 aromatic carbocycles. The number of aromatic amines is 1. The first-order valence-corrected chi connectivity index (χ1v) is 6.37. The molecule has 1 atom stereocenters. The summed E-state index contributed by atoms with van der Waals surface area (Å²) in [5.74, 6) is 0.0733. The van der Waals surface area contributed by atoms with Crippen molar-refractivity contribution in [2.45, 2.75) is 32.4 Å². The highest BCUT2D eigenvalue weighted by Gasteiger charge is 2.31. The maximum absolute atomic E-state index is 12.8. The summed E-state index contributed by atoms with van der Waals surface area (Å²) in [5.41, 5.74) is -1.13.